The molecule has 0 aliphatic heterocycles. The zero-order valence-electron chi connectivity index (χ0n) is 11.6. The summed E-state index contributed by atoms with van der Waals surface area (Å²) in [6, 6.07) is 8.20. The van der Waals surface area contributed by atoms with Gasteiger partial charge < -0.3 is 5.32 Å². The second kappa shape index (κ2) is 4.97. The fourth-order valence-electron chi connectivity index (χ4n) is 2.90. The minimum absolute atomic E-state index is 0.304. The van der Waals surface area contributed by atoms with Crippen molar-refractivity contribution in [3.63, 3.8) is 0 Å². The van der Waals surface area contributed by atoms with E-state index in [0.29, 0.717) is 5.28 Å². The number of nitrogens with zero attached hydrogens (tertiary/aromatic N) is 2. The molecule has 106 valence electrons. The number of hydrogen-bond donors (Lipinski definition) is 1. The first-order valence-electron chi connectivity index (χ1n) is 7.03. The van der Waals surface area contributed by atoms with Crippen LogP contribution in [0.25, 0.3) is 10.2 Å². The van der Waals surface area contributed by atoms with Crippen molar-refractivity contribution >= 4 is 44.7 Å². The monoisotopic (exact) mass is 315 g/mol. The number of fused-ring (bicyclic) bond motifs is 3. The van der Waals surface area contributed by atoms with E-state index in [1.807, 2.05) is 12.1 Å². The number of hydrogen-bond acceptors (Lipinski definition) is 4. The predicted octanol–water partition coefficient (Wildman–Crippen LogP) is 4.89. The van der Waals surface area contributed by atoms with E-state index in [1.165, 1.54) is 22.4 Å². The number of halogens is 1. The quantitative estimate of drug-likeness (QED) is 0.684. The number of aromatic nitrogens is 2. The van der Waals surface area contributed by atoms with Gasteiger partial charge in [-0.2, -0.15) is 4.98 Å². The Balaban J connectivity index is 1.90. The van der Waals surface area contributed by atoms with Crippen LogP contribution < -0.4 is 5.32 Å². The van der Waals surface area contributed by atoms with Crippen LogP contribution in [0, 0.1) is 6.92 Å². The molecule has 1 aliphatic carbocycles. The van der Waals surface area contributed by atoms with E-state index in [-0.39, 0.29) is 0 Å². The van der Waals surface area contributed by atoms with Gasteiger partial charge in [-0.3, -0.25) is 0 Å². The molecular weight excluding hydrogens is 302 g/mol. The van der Waals surface area contributed by atoms with Crippen LogP contribution in [0.15, 0.2) is 24.3 Å². The molecule has 0 bridgehead atoms. The fraction of sp³-hybridized carbons (Fsp3) is 0.250. The molecule has 3 nitrogen and oxygen atoms in total. The van der Waals surface area contributed by atoms with E-state index in [9.17, 15) is 0 Å². The summed E-state index contributed by atoms with van der Waals surface area (Å²) in [5, 5.41) is 4.90. The lowest BCUT2D eigenvalue weighted by molar-refractivity contribution is 0.917. The zero-order valence-corrected chi connectivity index (χ0v) is 13.2. The molecule has 1 aliphatic rings. The molecule has 0 spiro atoms. The van der Waals surface area contributed by atoms with Crippen LogP contribution >= 0.6 is 22.9 Å². The number of aryl methyl sites for hydroxylation is 3. The number of rotatable bonds is 2. The van der Waals surface area contributed by atoms with Gasteiger partial charge in [-0.15, -0.1) is 11.3 Å². The lowest BCUT2D eigenvalue weighted by Crippen LogP contribution is -1.98. The van der Waals surface area contributed by atoms with Crippen molar-refractivity contribution in [1.29, 1.82) is 0 Å². The van der Waals surface area contributed by atoms with Crippen molar-refractivity contribution < 1.29 is 0 Å². The van der Waals surface area contributed by atoms with E-state index in [4.69, 9.17) is 11.6 Å². The summed E-state index contributed by atoms with van der Waals surface area (Å²) in [7, 11) is 0. The zero-order chi connectivity index (χ0) is 14.4. The van der Waals surface area contributed by atoms with Crippen LogP contribution in [0.2, 0.25) is 5.28 Å². The van der Waals surface area contributed by atoms with E-state index in [1.54, 1.807) is 11.3 Å². The van der Waals surface area contributed by atoms with Crippen LogP contribution in [0.3, 0.4) is 0 Å². The van der Waals surface area contributed by atoms with E-state index in [2.05, 4.69) is 34.3 Å². The average Bonchev–Trinajstić information content (AvgIpc) is 3.01. The predicted molar refractivity (Wildman–Crippen MR) is 88.9 cm³/mol. The Bertz CT molecular complexity index is 841. The molecule has 2 heterocycles. The summed E-state index contributed by atoms with van der Waals surface area (Å²) in [5.41, 5.74) is 3.65. The standard InChI is InChI=1S/C16H14ClN3S/c1-9-5-2-3-7-11(9)18-14-13-10-6-4-8-12(10)21-15(13)20-16(17)19-14/h2-3,5,7H,4,6,8H2,1H3,(H,18,19,20). The number of para-hydroxylation sites is 1. The second-order valence-electron chi connectivity index (χ2n) is 5.32. The van der Waals surface area contributed by atoms with E-state index < -0.39 is 0 Å². The second-order valence-corrected chi connectivity index (χ2v) is 6.74. The number of benzene rings is 1. The number of thiophene rings is 1. The number of nitrogens with one attached hydrogen (secondary N) is 1. The summed E-state index contributed by atoms with van der Waals surface area (Å²) in [6.07, 6.45) is 3.49. The van der Waals surface area contributed by atoms with Gasteiger partial charge in [0.1, 0.15) is 10.6 Å². The lowest BCUT2D eigenvalue weighted by Gasteiger charge is -2.10. The highest BCUT2D eigenvalue weighted by Gasteiger charge is 2.22. The normalized spacial score (nSPS) is 13.6. The van der Waals surface area contributed by atoms with Crippen LogP contribution in [-0.2, 0) is 12.8 Å². The maximum absolute atomic E-state index is 6.10. The van der Waals surface area contributed by atoms with Gasteiger partial charge in [0.25, 0.3) is 0 Å². The Labute approximate surface area is 132 Å². The largest absolute Gasteiger partial charge is 0.339 e. The van der Waals surface area contributed by atoms with Crippen molar-refractivity contribution in [2.75, 3.05) is 5.32 Å². The Morgan fingerprint density at radius 3 is 2.90 bits per heavy atom. The van der Waals surface area contributed by atoms with Crippen molar-refractivity contribution in [2.24, 2.45) is 0 Å². The van der Waals surface area contributed by atoms with Gasteiger partial charge in [0, 0.05) is 10.6 Å². The third-order valence-electron chi connectivity index (χ3n) is 3.94. The van der Waals surface area contributed by atoms with E-state index in [0.717, 1.165) is 34.6 Å². The average molecular weight is 316 g/mol. The molecule has 1 aromatic carbocycles. The molecule has 0 radical (unpaired) electrons. The molecule has 0 amide bonds. The lowest BCUT2D eigenvalue weighted by atomic mass is 10.1. The van der Waals surface area contributed by atoms with Gasteiger partial charge in [0.2, 0.25) is 5.28 Å². The molecule has 0 atom stereocenters. The van der Waals surface area contributed by atoms with Gasteiger partial charge in [0.15, 0.2) is 0 Å². The Kier molecular flexibility index (Phi) is 3.08. The molecule has 4 rings (SSSR count). The summed E-state index contributed by atoms with van der Waals surface area (Å²) in [6.45, 7) is 2.08. The highest BCUT2D eigenvalue weighted by Crippen LogP contribution is 2.40. The van der Waals surface area contributed by atoms with Crippen LogP contribution in [0.5, 0.6) is 0 Å². The molecular formula is C16H14ClN3S. The first kappa shape index (κ1) is 13.0. The SMILES string of the molecule is Cc1ccccc1Nc1nc(Cl)nc2sc3c(c12)CCC3. The molecule has 0 saturated heterocycles. The Hall–Kier alpha value is -1.65. The first-order valence-corrected chi connectivity index (χ1v) is 8.22. The fourth-order valence-corrected chi connectivity index (χ4v) is 4.38. The van der Waals surface area contributed by atoms with Crippen molar-refractivity contribution in [1.82, 2.24) is 9.97 Å². The van der Waals surface area contributed by atoms with Gasteiger partial charge in [-0.05, 0) is 55.0 Å². The molecule has 3 aromatic rings. The molecule has 0 fully saturated rings. The minimum Gasteiger partial charge on any atom is -0.339 e. The number of anilines is 2. The first-order chi connectivity index (χ1) is 10.2. The van der Waals surface area contributed by atoms with Crippen molar-refractivity contribution in [2.45, 2.75) is 26.2 Å². The van der Waals surface area contributed by atoms with Crippen LogP contribution in [-0.4, -0.2) is 9.97 Å². The smallest absolute Gasteiger partial charge is 0.225 e. The van der Waals surface area contributed by atoms with Gasteiger partial charge in [0.05, 0.1) is 5.39 Å². The molecule has 0 saturated carbocycles. The van der Waals surface area contributed by atoms with E-state index >= 15 is 0 Å². The van der Waals surface area contributed by atoms with Gasteiger partial charge >= 0.3 is 0 Å². The van der Waals surface area contributed by atoms with Gasteiger partial charge in [-0.1, -0.05) is 18.2 Å². The van der Waals surface area contributed by atoms with Gasteiger partial charge in [-0.25, -0.2) is 4.98 Å². The van der Waals surface area contributed by atoms with Crippen molar-refractivity contribution in [3.8, 4) is 0 Å². The topological polar surface area (TPSA) is 37.8 Å². The summed E-state index contributed by atoms with van der Waals surface area (Å²) in [4.78, 5) is 11.3. The highest BCUT2D eigenvalue weighted by molar-refractivity contribution is 7.19. The maximum Gasteiger partial charge on any atom is 0.225 e. The summed E-state index contributed by atoms with van der Waals surface area (Å²) in [5.74, 6) is 0.832. The molecule has 1 N–H and O–H groups in total. The third kappa shape index (κ3) is 2.19. The van der Waals surface area contributed by atoms with Crippen LogP contribution in [0.4, 0.5) is 11.5 Å². The maximum atomic E-state index is 6.10. The minimum atomic E-state index is 0.304. The molecule has 21 heavy (non-hydrogen) atoms. The van der Waals surface area contributed by atoms with Crippen molar-refractivity contribution in [3.05, 3.63) is 45.6 Å². The molecule has 2 aromatic heterocycles. The molecule has 5 heteroatoms. The molecule has 0 unspecified atom stereocenters. The summed E-state index contributed by atoms with van der Waals surface area (Å²) >= 11 is 7.85. The Morgan fingerprint density at radius 2 is 2.05 bits per heavy atom. The third-order valence-corrected chi connectivity index (χ3v) is 5.29. The highest BCUT2D eigenvalue weighted by atomic mass is 35.5. The van der Waals surface area contributed by atoms with Crippen LogP contribution in [0.1, 0.15) is 22.4 Å². The summed E-state index contributed by atoms with van der Waals surface area (Å²) < 4.78 is 0. The Morgan fingerprint density at radius 1 is 1.19 bits per heavy atom.